The first-order chi connectivity index (χ1) is 12.5. The van der Waals surface area contributed by atoms with E-state index in [0.717, 1.165) is 19.3 Å². The van der Waals surface area contributed by atoms with E-state index in [-0.39, 0.29) is 17.0 Å². The third kappa shape index (κ3) is 2.47. The smallest absolute Gasteiger partial charge is 0.329 e. The third-order valence-corrected chi connectivity index (χ3v) is 7.68. The molecule has 0 aromatic heterocycles. The molecule has 138 valence electrons. The Bertz CT molecular complexity index is 895. The van der Waals surface area contributed by atoms with Gasteiger partial charge in [-0.15, -0.1) is 4.40 Å². The van der Waals surface area contributed by atoms with Crippen molar-refractivity contribution in [1.82, 2.24) is 4.90 Å². The SMILES string of the molecule is O=C(O[C@@H]1C[C@H]2CC[C@H]1C2)[C@H]1CCCN1C1=NS(=O)(=O)c2ccccc21. The fourth-order valence-electron chi connectivity index (χ4n) is 5.12. The molecule has 2 bridgehead atoms. The lowest BCUT2D eigenvalue weighted by Gasteiger charge is -2.28. The summed E-state index contributed by atoms with van der Waals surface area (Å²) >= 11 is 0. The summed E-state index contributed by atoms with van der Waals surface area (Å²) in [5.41, 5.74) is 0.590. The molecule has 1 saturated heterocycles. The van der Waals surface area contributed by atoms with Crippen molar-refractivity contribution in [3.63, 3.8) is 0 Å². The molecule has 1 aromatic carbocycles. The molecule has 2 aliphatic carbocycles. The number of carbonyl (C=O) groups excluding carboxylic acids is 1. The Kier molecular flexibility index (Phi) is 3.64. The molecule has 4 atom stereocenters. The summed E-state index contributed by atoms with van der Waals surface area (Å²) in [6.07, 6.45) is 6.16. The van der Waals surface area contributed by atoms with Crippen LogP contribution in [0.15, 0.2) is 33.6 Å². The fourth-order valence-corrected chi connectivity index (χ4v) is 6.34. The van der Waals surface area contributed by atoms with Crippen LogP contribution in [0.4, 0.5) is 0 Å². The number of esters is 1. The number of ether oxygens (including phenoxy) is 1. The predicted molar refractivity (Wildman–Crippen MR) is 95.2 cm³/mol. The van der Waals surface area contributed by atoms with Crippen molar-refractivity contribution in [2.45, 2.75) is 55.6 Å². The number of rotatable bonds is 2. The Morgan fingerprint density at radius 1 is 1.15 bits per heavy atom. The van der Waals surface area contributed by atoms with Gasteiger partial charge in [0.05, 0.1) is 0 Å². The van der Waals surface area contributed by atoms with Crippen molar-refractivity contribution in [2.75, 3.05) is 6.54 Å². The van der Waals surface area contributed by atoms with Crippen molar-refractivity contribution in [3.8, 4) is 0 Å². The van der Waals surface area contributed by atoms with Crippen LogP contribution in [-0.2, 0) is 19.6 Å². The minimum Gasteiger partial charge on any atom is -0.461 e. The molecular weight excluding hydrogens is 352 g/mol. The number of benzene rings is 1. The second-order valence-corrected chi connectivity index (χ2v) is 9.46. The van der Waals surface area contributed by atoms with Crippen molar-refractivity contribution < 1.29 is 17.9 Å². The molecule has 26 heavy (non-hydrogen) atoms. The topological polar surface area (TPSA) is 76.0 Å². The van der Waals surface area contributed by atoms with Gasteiger partial charge in [0.1, 0.15) is 17.0 Å². The van der Waals surface area contributed by atoms with Gasteiger partial charge >= 0.3 is 5.97 Å². The quantitative estimate of drug-likeness (QED) is 0.743. The van der Waals surface area contributed by atoms with Gasteiger partial charge in [-0.05, 0) is 62.5 Å². The highest BCUT2D eigenvalue weighted by Crippen LogP contribution is 2.46. The van der Waals surface area contributed by atoms with E-state index in [2.05, 4.69) is 4.40 Å². The molecule has 0 spiro atoms. The third-order valence-electron chi connectivity index (χ3n) is 6.35. The standard InChI is InChI=1S/C19H22N2O4S/c22-19(25-16-11-12-7-8-13(16)10-12)15-5-3-9-21(15)18-14-4-1-2-6-17(14)26(23,24)20-18/h1-2,4,6,12-13,15-16H,3,5,7-11H2/t12-,13-,15+,16+/m0/s1. The molecule has 6 nitrogen and oxygen atoms in total. The number of likely N-dealkylation sites (tertiary alicyclic amines) is 1. The number of hydrogen-bond donors (Lipinski definition) is 0. The zero-order valence-electron chi connectivity index (χ0n) is 14.5. The molecule has 0 amide bonds. The van der Waals surface area contributed by atoms with Gasteiger partial charge in [-0.1, -0.05) is 12.1 Å². The Labute approximate surface area is 153 Å². The Hall–Kier alpha value is -1.89. The summed E-state index contributed by atoms with van der Waals surface area (Å²) in [5.74, 6) is 1.41. The first-order valence-corrected chi connectivity index (χ1v) is 10.9. The van der Waals surface area contributed by atoms with E-state index >= 15 is 0 Å². The summed E-state index contributed by atoms with van der Waals surface area (Å²) in [7, 11) is -3.68. The molecule has 0 unspecified atom stereocenters. The van der Waals surface area contributed by atoms with E-state index in [9.17, 15) is 13.2 Å². The first-order valence-electron chi connectivity index (χ1n) is 9.44. The molecule has 3 fully saturated rings. The number of carbonyl (C=O) groups is 1. The highest BCUT2D eigenvalue weighted by Gasteiger charge is 2.45. The molecule has 0 N–H and O–H groups in total. The molecule has 4 aliphatic rings. The van der Waals surface area contributed by atoms with E-state index in [1.807, 2.05) is 4.90 Å². The van der Waals surface area contributed by atoms with Gasteiger partial charge in [-0.25, -0.2) is 4.79 Å². The van der Waals surface area contributed by atoms with Gasteiger partial charge in [-0.2, -0.15) is 8.42 Å². The van der Waals surface area contributed by atoms with Crippen molar-refractivity contribution in [3.05, 3.63) is 29.8 Å². The summed E-state index contributed by atoms with van der Waals surface area (Å²) in [5, 5.41) is 0. The zero-order valence-corrected chi connectivity index (χ0v) is 15.3. The van der Waals surface area contributed by atoms with Crippen LogP contribution in [0.25, 0.3) is 0 Å². The summed E-state index contributed by atoms with van der Waals surface area (Å²) in [6, 6.07) is 6.39. The lowest BCUT2D eigenvalue weighted by Crippen LogP contribution is -2.43. The zero-order chi connectivity index (χ0) is 17.9. The van der Waals surface area contributed by atoms with Crippen LogP contribution in [0.3, 0.4) is 0 Å². The van der Waals surface area contributed by atoms with Gasteiger partial charge < -0.3 is 9.64 Å². The van der Waals surface area contributed by atoms with E-state index in [1.54, 1.807) is 24.3 Å². The summed E-state index contributed by atoms with van der Waals surface area (Å²) < 4.78 is 34.5. The molecule has 7 heteroatoms. The molecule has 0 radical (unpaired) electrons. The van der Waals surface area contributed by atoms with Crippen molar-refractivity contribution in [1.29, 1.82) is 0 Å². The van der Waals surface area contributed by atoms with E-state index in [1.165, 1.54) is 12.8 Å². The molecule has 2 saturated carbocycles. The number of fused-ring (bicyclic) bond motifs is 3. The average Bonchev–Trinajstić information content (AvgIpc) is 3.38. The highest BCUT2D eigenvalue weighted by atomic mass is 32.2. The minimum atomic E-state index is -3.68. The second kappa shape index (κ2) is 5.81. The minimum absolute atomic E-state index is 0.0465. The van der Waals surface area contributed by atoms with E-state index in [0.29, 0.717) is 36.2 Å². The monoisotopic (exact) mass is 374 g/mol. The van der Waals surface area contributed by atoms with Crippen molar-refractivity contribution >= 4 is 21.8 Å². The summed E-state index contributed by atoms with van der Waals surface area (Å²) in [6.45, 7) is 0.624. The van der Waals surface area contributed by atoms with Gasteiger partial charge in [0, 0.05) is 12.1 Å². The highest BCUT2D eigenvalue weighted by molar-refractivity contribution is 7.90. The number of sulfonamides is 1. The van der Waals surface area contributed by atoms with Crippen LogP contribution in [0, 0.1) is 11.8 Å². The maximum absolute atomic E-state index is 12.8. The largest absolute Gasteiger partial charge is 0.461 e. The van der Waals surface area contributed by atoms with Gasteiger partial charge in [0.2, 0.25) is 0 Å². The van der Waals surface area contributed by atoms with E-state index < -0.39 is 16.1 Å². The van der Waals surface area contributed by atoms with Gasteiger partial charge in [-0.3, -0.25) is 0 Å². The second-order valence-electron chi connectivity index (χ2n) is 7.89. The van der Waals surface area contributed by atoms with E-state index in [4.69, 9.17) is 4.74 Å². The number of amidine groups is 1. The maximum Gasteiger partial charge on any atom is 0.329 e. The maximum atomic E-state index is 12.8. The van der Waals surface area contributed by atoms with Crippen LogP contribution < -0.4 is 0 Å². The number of nitrogens with zero attached hydrogens (tertiary/aromatic N) is 2. The van der Waals surface area contributed by atoms with Gasteiger partial charge in [0.15, 0.2) is 5.84 Å². The summed E-state index contributed by atoms with van der Waals surface area (Å²) in [4.78, 5) is 14.9. The Morgan fingerprint density at radius 3 is 2.77 bits per heavy atom. The first kappa shape index (κ1) is 16.3. The van der Waals surface area contributed by atoms with Gasteiger partial charge in [0.25, 0.3) is 10.0 Å². The lowest BCUT2D eigenvalue weighted by atomic mass is 9.97. The van der Waals surface area contributed by atoms with Crippen LogP contribution in [-0.4, -0.2) is 43.8 Å². The normalized spacial score (nSPS) is 34.0. The average molecular weight is 374 g/mol. The molecule has 1 aromatic rings. The van der Waals surface area contributed by atoms with Crippen LogP contribution in [0.5, 0.6) is 0 Å². The lowest BCUT2D eigenvalue weighted by molar-refractivity contribution is -0.155. The molecule has 2 heterocycles. The molecular formula is C19H22N2O4S. The Morgan fingerprint density at radius 2 is 2.00 bits per heavy atom. The molecule has 5 rings (SSSR count). The van der Waals surface area contributed by atoms with Crippen LogP contribution in [0.1, 0.15) is 44.1 Å². The van der Waals surface area contributed by atoms with Crippen molar-refractivity contribution in [2.24, 2.45) is 16.2 Å². The Balaban J connectivity index is 1.39. The van der Waals surface area contributed by atoms with Crippen LogP contribution >= 0.6 is 0 Å². The molecule has 2 aliphatic heterocycles. The number of hydrogen-bond acceptors (Lipinski definition) is 5. The predicted octanol–water partition coefficient (Wildman–Crippen LogP) is 2.33. The van der Waals surface area contributed by atoms with Crippen LogP contribution in [0.2, 0.25) is 0 Å². The fraction of sp³-hybridized carbons (Fsp3) is 0.579.